The molecule has 3 nitrogen and oxygen atoms in total. The lowest BCUT2D eigenvalue weighted by atomic mass is 10.4. The first-order chi connectivity index (χ1) is 6.83. The van der Waals surface area contributed by atoms with E-state index in [9.17, 15) is 0 Å². The standard InChI is InChI=1S/C9H10ClN3S/c1-2-13-5-7(4-11-13)9-12-8(3-10)6-14-9/h4-6H,2-3H2,1H3. The number of hydrogen-bond acceptors (Lipinski definition) is 3. The fourth-order valence-electron chi connectivity index (χ4n) is 1.15. The first kappa shape index (κ1) is 9.68. The molecule has 2 aromatic rings. The van der Waals surface area contributed by atoms with Crippen molar-refractivity contribution in [1.82, 2.24) is 14.8 Å². The highest BCUT2D eigenvalue weighted by atomic mass is 35.5. The molecule has 0 fully saturated rings. The maximum absolute atomic E-state index is 5.68. The number of aromatic nitrogens is 3. The Morgan fingerprint density at radius 3 is 3.00 bits per heavy atom. The van der Waals surface area contributed by atoms with Crippen LogP contribution in [0.15, 0.2) is 17.8 Å². The van der Waals surface area contributed by atoms with Crippen molar-refractivity contribution in [3.63, 3.8) is 0 Å². The maximum Gasteiger partial charge on any atom is 0.126 e. The molecule has 2 rings (SSSR count). The van der Waals surface area contributed by atoms with Crippen LogP contribution in [-0.4, -0.2) is 14.8 Å². The molecule has 0 atom stereocenters. The summed E-state index contributed by atoms with van der Waals surface area (Å²) in [5.41, 5.74) is 1.99. The third-order valence-electron chi connectivity index (χ3n) is 1.89. The molecule has 0 unspecified atom stereocenters. The Bertz CT molecular complexity index is 381. The van der Waals surface area contributed by atoms with Crippen LogP contribution in [0, 0.1) is 0 Å². The molecule has 0 bridgehead atoms. The largest absolute Gasteiger partial charge is 0.272 e. The molecule has 0 N–H and O–H groups in total. The van der Waals surface area contributed by atoms with E-state index in [1.165, 1.54) is 0 Å². The highest BCUT2D eigenvalue weighted by Crippen LogP contribution is 2.23. The van der Waals surface area contributed by atoms with Gasteiger partial charge in [-0.25, -0.2) is 4.98 Å². The van der Waals surface area contributed by atoms with Gasteiger partial charge in [-0.3, -0.25) is 4.68 Å². The van der Waals surface area contributed by atoms with Crippen LogP contribution in [0.2, 0.25) is 0 Å². The number of aryl methyl sites for hydroxylation is 1. The van der Waals surface area contributed by atoms with Crippen LogP contribution in [0.4, 0.5) is 0 Å². The topological polar surface area (TPSA) is 30.7 Å². The molecule has 0 aliphatic rings. The van der Waals surface area contributed by atoms with Gasteiger partial charge in [-0.2, -0.15) is 5.10 Å². The van der Waals surface area contributed by atoms with Crippen molar-refractivity contribution < 1.29 is 0 Å². The zero-order valence-corrected chi connectivity index (χ0v) is 9.35. The monoisotopic (exact) mass is 227 g/mol. The fraction of sp³-hybridized carbons (Fsp3) is 0.333. The predicted octanol–water partition coefficient (Wildman–Crippen LogP) is 2.77. The quantitative estimate of drug-likeness (QED) is 0.755. The van der Waals surface area contributed by atoms with E-state index in [-0.39, 0.29) is 0 Å². The highest BCUT2D eigenvalue weighted by Gasteiger charge is 2.05. The van der Waals surface area contributed by atoms with Crippen molar-refractivity contribution in [2.75, 3.05) is 0 Å². The molecule has 2 aromatic heterocycles. The van der Waals surface area contributed by atoms with Crippen LogP contribution in [-0.2, 0) is 12.4 Å². The molecule has 0 amide bonds. The number of thiazole rings is 1. The van der Waals surface area contributed by atoms with E-state index in [1.54, 1.807) is 11.3 Å². The van der Waals surface area contributed by atoms with Crippen molar-refractivity contribution >= 4 is 22.9 Å². The molecular weight excluding hydrogens is 218 g/mol. The summed E-state index contributed by atoms with van der Waals surface area (Å²) in [4.78, 5) is 4.38. The lowest BCUT2D eigenvalue weighted by Crippen LogP contribution is -1.91. The van der Waals surface area contributed by atoms with Gasteiger partial charge in [0.05, 0.1) is 17.8 Å². The van der Waals surface area contributed by atoms with Gasteiger partial charge in [-0.15, -0.1) is 22.9 Å². The van der Waals surface area contributed by atoms with Crippen molar-refractivity contribution in [3.8, 4) is 10.6 Å². The first-order valence-corrected chi connectivity index (χ1v) is 5.78. The number of hydrogen-bond donors (Lipinski definition) is 0. The van der Waals surface area contributed by atoms with Gasteiger partial charge in [-0.05, 0) is 6.92 Å². The minimum atomic E-state index is 0.471. The van der Waals surface area contributed by atoms with E-state index < -0.39 is 0 Å². The first-order valence-electron chi connectivity index (χ1n) is 4.36. The Labute approximate surface area is 91.4 Å². The van der Waals surface area contributed by atoms with Crippen LogP contribution in [0.1, 0.15) is 12.6 Å². The lowest BCUT2D eigenvalue weighted by molar-refractivity contribution is 0.660. The Kier molecular flexibility index (Phi) is 2.84. The second kappa shape index (κ2) is 4.11. The van der Waals surface area contributed by atoms with Crippen LogP contribution in [0.3, 0.4) is 0 Å². The summed E-state index contributed by atoms with van der Waals surface area (Å²) < 4.78 is 1.89. The molecule has 2 heterocycles. The number of nitrogens with zero attached hydrogens (tertiary/aromatic N) is 3. The Morgan fingerprint density at radius 1 is 1.57 bits per heavy atom. The third-order valence-corrected chi connectivity index (χ3v) is 3.11. The average Bonchev–Trinajstić information content (AvgIpc) is 2.86. The normalized spacial score (nSPS) is 10.7. The van der Waals surface area contributed by atoms with Gasteiger partial charge in [0.25, 0.3) is 0 Å². The van der Waals surface area contributed by atoms with E-state index in [2.05, 4.69) is 17.0 Å². The lowest BCUT2D eigenvalue weighted by Gasteiger charge is -1.90. The summed E-state index contributed by atoms with van der Waals surface area (Å²) in [7, 11) is 0. The van der Waals surface area contributed by atoms with Crippen molar-refractivity contribution in [1.29, 1.82) is 0 Å². The van der Waals surface area contributed by atoms with Gasteiger partial charge in [0.15, 0.2) is 0 Å². The molecule has 14 heavy (non-hydrogen) atoms. The summed E-state index contributed by atoms with van der Waals surface area (Å²) in [6, 6.07) is 0. The predicted molar refractivity (Wildman–Crippen MR) is 58.6 cm³/mol. The van der Waals surface area contributed by atoms with Gasteiger partial charge in [-0.1, -0.05) is 0 Å². The molecule has 0 spiro atoms. The maximum atomic E-state index is 5.68. The van der Waals surface area contributed by atoms with Gasteiger partial charge >= 0.3 is 0 Å². The molecular formula is C9H10ClN3S. The minimum Gasteiger partial charge on any atom is -0.272 e. The Morgan fingerprint density at radius 2 is 2.43 bits per heavy atom. The summed E-state index contributed by atoms with van der Waals surface area (Å²) in [6.45, 7) is 2.94. The van der Waals surface area contributed by atoms with Crippen molar-refractivity contribution in [3.05, 3.63) is 23.5 Å². The smallest absolute Gasteiger partial charge is 0.126 e. The van der Waals surface area contributed by atoms with E-state index in [0.29, 0.717) is 5.88 Å². The summed E-state index contributed by atoms with van der Waals surface area (Å²) in [6.07, 6.45) is 3.83. The molecule has 74 valence electrons. The van der Waals surface area contributed by atoms with Gasteiger partial charge in [0.2, 0.25) is 0 Å². The molecule has 0 aliphatic heterocycles. The highest BCUT2D eigenvalue weighted by molar-refractivity contribution is 7.13. The summed E-state index contributed by atoms with van der Waals surface area (Å²) in [5.74, 6) is 0.471. The van der Waals surface area contributed by atoms with E-state index in [0.717, 1.165) is 22.8 Å². The van der Waals surface area contributed by atoms with E-state index >= 15 is 0 Å². The Balaban J connectivity index is 2.29. The van der Waals surface area contributed by atoms with Crippen LogP contribution in [0.5, 0.6) is 0 Å². The van der Waals surface area contributed by atoms with Gasteiger partial charge < -0.3 is 0 Å². The zero-order valence-electron chi connectivity index (χ0n) is 7.77. The number of alkyl halides is 1. The summed E-state index contributed by atoms with van der Waals surface area (Å²) >= 11 is 7.29. The second-order valence-electron chi connectivity index (χ2n) is 2.86. The van der Waals surface area contributed by atoms with Gasteiger partial charge in [0.1, 0.15) is 5.01 Å². The van der Waals surface area contributed by atoms with Crippen molar-refractivity contribution in [2.45, 2.75) is 19.3 Å². The van der Waals surface area contributed by atoms with Crippen molar-refractivity contribution in [2.24, 2.45) is 0 Å². The fourth-order valence-corrected chi connectivity index (χ4v) is 2.17. The number of halogens is 1. The second-order valence-corrected chi connectivity index (χ2v) is 3.99. The Hall–Kier alpha value is -0.870. The molecule has 0 radical (unpaired) electrons. The number of rotatable bonds is 3. The van der Waals surface area contributed by atoms with Crippen LogP contribution < -0.4 is 0 Å². The summed E-state index contributed by atoms with van der Waals surface area (Å²) in [5, 5.41) is 7.16. The zero-order chi connectivity index (χ0) is 9.97. The average molecular weight is 228 g/mol. The third kappa shape index (κ3) is 1.81. The minimum absolute atomic E-state index is 0.471. The van der Waals surface area contributed by atoms with Gasteiger partial charge in [0, 0.05) is 23.7 Å². The molecule has 0 aliphatic carbocycles. The molecule has 0 aromatic carbocycles. The SMILES string of the molecule is CCn1cc(-c2nc(CCl)cs2)cn1. The molecule has 5 heteroatoms. The van der Waals surface area contributed by atoms with E-state index in [1.807, 2.05) is 22.5 Å². The van der Waals surface area contributed by atoms with E-state index in [4.69, 9.17) is 11.6 Å². The molecule has 0 saturated heterocycles. The van der Waals surface area contributed by atoms with Crippen LogP contribution in [0.25, 0.3) is 10.6 Å². The van der Waals surface area contributed by atoms with Crippen LogP contribution >= 0.6 is 22.9 Å². The molecule has 0 saturated carbocycles.